The molecule has 3 aromatic carbocycles. The maximum absolute atomic E-state index is 13.6. The maximum Gasteiger partial charge on any atom is 0.282 e. The number of halogens is 3. The SMILES string of the molecule is O=[N+]([O-])c1ccccc1S[C@@H]1C[C@H]2[C@H](c3cccc(Cl)c3N[C@H]2c2ccc(F)cc2)[C@H]1Cl. The van der Waals surface area contributed by atoms with Gasteiger partial charge in [0.2, 0.25) is 0 Å². The largest absolute Gasteiger partial charge is 0.376 e. The molecule has 164 valence electrons. The highest BCUT2D eigenvalue weighted by molar-refractivity contribution is 8.00. The third-order valence-electron chi connectivity index (χ3n) is 6.37. The highest BCUT2D eigenvalue weighted by Crippen LogP contribution is 2.58. The van der Waals surface area contributed by atoms with Gasteiger partial charge in [0, 0.05) is 17.2 Å². The Balaban J connectivity index is 1.54. The van der Waals surface area contributed by atoms with Crippen LogP contribution in [-0.2, 0) is 0 Å². The molecule has 0 unspecified atom stereocenters. The fourth-order valence-corrected chi connectivity index (χ4v) is 7.16. The van der Waals surface area contributed by atoms with Crippen LogP contribution in [0.25, 0.3) is 0 Å². The summed E-state index contributed by atoms with van der Waals surface area (Å²) in [6.45, 7) is 0. The molecule has 0 amide bonds. The summed E-state index contributed by atoms with van der Waals surface area (Å²) < 4.78 is 13.6. The Hall–Kier alpha value is -2.28. The number of fused-ring (bicyclic) bond motifs is 3. The molecular formula is C24H19Cl2FN2O2S. The number of hydrogen-bond acceptors (Lipinski definition) is 4. The molecule has 0 aromatic heterocycles. The van der Waals surface area contributed by atoms with Crippen molar-refractivity contribution in [3.63, 3.8) is 0 Å². The van der Waals surface area contributed by atoms with Gasteiger partial charge in [-0.3, -0.25) is 10.1 Å². The van der Waals surface area contributed by atoms with Crippen molar-refractivity contribution in [1.82, 2.24) is 0 Å². The number of alkyl halides is 1. The molecule has 1 aliphatic carbocycles. The summed E-state index contributed by atoms with van der Waals surface area (Å²) in [5.74, 6) is -0.137. The lowest BCUT2D eigenvalue weighted by atomic mass is 9.77. The molecule has 1 fully saturated rings. The van der Waals surface area contributed by atoms with Gasteiger partial charge < -0.3 is 5.32 Å². The van der Waals surface area contributed by atoms with Crippen LogP contribution in [0.1, 0.15) is 29.5 Å². The quantitative estimate of drug-likeness (QED) is 0.235. The predicted octanol–water partition coefficient (Wildman–Crippen LogP) is 7.43. The van der Waals surface area contributed by atoms with Gasteiger partial charge in [-0.1, -0.05) is 48.0 Å². The fraction of sp³-hybridized carbons (Fsp3) is 0.250. The van der Waals surface area contributed by atoms with E-state index in [-0.39, 0.29) is 44.9 Å². The van der Waals surface area contributed by atoms with Crippen LogP contribution in [0.4, 0.5) is 15.8 Å². The predicted molar refractivity (Wildman–Crippen MR) is 127 cm³/mol. The molecule has 1 heterocycles. The molecule has 1 aliphatic heterocycles. The minimum absolute atomic E-state index is 0.0157. The number of hydrogen-bond donors (Lipinski definition) is 1. The number of anilines is 1. The smallest absolute Gasteiger partial charge is 0.282 e. The highest BCUT2D eigenvalue weighted by atomic mass is 35.5. The average molecular weight is 489 g/mol. The fourth-order valence-electron chi connectivity index (χ4n) is 4.98. The topological polar surface area (TPSA) is 55.2 Å². The maximum atomic E-state index is 13.6. The third kappa shape index (κ3) is 3.74. The van der Waals surface area contributed by atoms with Crippen molar-refractivity contribution in [2.24, 2.45) is 5.92 Å². The second-order valence-electron chi connectivity index (χ2n) is 8.13. The van der Waals surface area contributed by atoms with Crippen LogP contribution in [0.15, 0.2) is 71.6 Å². The second-order valence-corrected chi connectivity index (χ2v) is 10.3. The number of rotatable bonds is 4. The second kappa shape index (κ2) is 8.58. The standard InChI is InChI=1S/C24H19Cl2FN2O2S/c25-17-5-3-4-15-21-16(23(28-24(15)17)13-8-10-14(27)11-9-13)12-20(22(21)26)32-19-7-2-1-6-18(19)29(30)31/h1-11,16,20-23,28H,12H2/t16-,20+,21-,22-,23-/m0/s1. The van der Waals surface area contributed by atoms with E-state index in [2.05, 4.69) is 5.32 Å². The van der Waals surface area contributed by atoms with Crippen LogP contribution in [0.3, 0.4) is 0 Å². The molecule has 1 saturated carbocycles. The zero-order valence-electron chi connectivity index (χ0n) is 16.8. The van der Waals surface area contributed by atoms with Crippen molar-refractivity contribution in [2.45, 2.75) is 33.9 Å². The third-order valence-corrected chi connectivity index (χ3v) is 8.79. The Morgan fingerprint density at radius 2 is 1.81 bits per heavy atom. The Kier molecular flexibility index (Phi) is 5.78. The van der Waals surface area contributed by atoms with E-state index >= 15 is 0 Å². The molecule has 5 atom stereocenters. The van der Waals surface area contributed by atoms with E-state index in [1.807, 2.05) is 18.2 Å². The van der Waals surface area contributed by atoms with Gasteiger partial charge in [-0.25, -0.2) is 4.39 Å². The molecular weight excluding hydrogens is 470 g/mol. The van der Waals surface area contributed by atoms with Crippen LogP contribution < -0.4 is 5.32 Å². The number of thioether (sulfide) groups is 1. The van der Waals surface area contributed by atoms with Crippen molar-refractivity contribution >= 4 is 46.3 Å². The number of nitro benzene ring substituents is 1. The van der Waals surface area contributed by atoms with E-state index in [0.717, 1.165) is 23.2 Å². The van der Waals surface area contributed by atoms with Gasteiger partial charge in [-0.05, 0) is 47.7 Å². The monoisotopic (exact) mass is 488 g/mol. The van der Waals surface area contributed by atoms with Gasteiger partial charge in [-0.15, -0.1) is 23.4 Å². The molecule has 2 aliphatic rings. The molecule has 8 heteroatoms. The minimum Gasteiger partial charge on any atom is -0.376 e. The summed E-state index contributed by atoms with van der Waals surface area (Å²) in [6.07, 6.45) is 0.760. The molecule has 0 spiro atoms. The van der Waals surface area contributed by atoms with Crippen molar-refractivity contribution in [2.75, 3.05) is 5.32 Å². The summed E-state index contributed by atoms with van der Waals surface area (Å²) in [5.41, 5.74) is 2.97. The number of para-hydroxylation sites is 2. The minimum atomic E-state index is -0.356. The van der Waals surface area contributed by atoms with Crippen LogP contribution in [0.5, 0.6) is 0 Å². The number of nitrogens with one attached hydrogen (secondary N) is 1. The van der Waals surface area contributed by atoms with E-state index in [9.17, 15) is 14.5 Å². The molecule has 4 nitrogen and oxygen atoms in total. The zero-order valence-corrected chi connectivity index (χ0v) is 19.1. The van der Waals surface area contributed by atoms with Gasteiger partial charge >= 0.3 is 0 Å². The molecule has 32 heavy (non-hydrogen) atoms. The summed E-state index contributed by atoms with van der Waals surface area (Å²) >= 11 is 15.1. The number of benzene rings is 3. The average Bonchev–Trinajstić information content (AvgIpc) is 3.11. The highest BCUT2D eigenvalue weighted by Gasteiger charge is 2.50. The first-order chi connectivity index (χ1) is 15.4. The van der Waals surface area contributed by atoms with Gasteiger partial charge in [0.05, 0.1) is 31.9 Å². The lowest BCUT2D eigenvalue weighted by Gasteiger charge is -2.38. The molecule has 0 saturated heterocycles. The van der Waals surface area contributed by atoms with Gasteiger partial charge in [0.15, 0.2) is 0 Å². The van der Waals surface area contributed by atoms with Crippen molar-refractivity contribution in [3.8, 4) is 0 Å². The van der Waals surface area contributed by atoms with E-state index < -0.39 is 0 Å². The molecule has 5 rings (SSSR count). The first kappa shape index (κ1) is 21.6. The van der Waals surface area contributed by atoms with Crippen LogP contribution in [0.2, 0.25) is 5.02 Å². The first-order valence-corrected chi connectivity index (χ1v) is 12.0. The van der Waals surface area contributed by atoms with E-state index in [0.29, 0.717) is 9.92 Å². The Labute approximate surface area is 199 Å². The Morgan fingerprint density at radius 1 is 1.06 bits per heavy atom. The number of nitro groups is 1. The van der Waals surface area contributed by atoms with Gasteiger partial charge in [-0.2, -0.15) is 0 Å². The molecule has 0 bridgehead atoms. The Morgan fingerprint density at radius 3 is 2.56 bits per heavy atom. The lowest BCUT2D eigenvalue weighted by Crippen LogP contribution is -2.31. The molecule has 0 radical (unpaired) electrons. The molecule has 1 N–H and O–H groups in total. The normalized spacial score (nSPS) is 26.2. The summed E-state index contributed by atoms with van der Waals surface area (Å²) in [4.78, 5) is 11.8. The number of nitrogens with zero attached hydrogens (tertiary/aromatic N) is 1. The van der Waals surface area contributed by atoms with Crippen LogP contribution >= 0.6 is 35.0 Å². The van der Waals surface area contributed by atoms with Crippen molar-refractivity contribution in [3.05, 3.63) is 98.8 Å². The summed E-state index contributed by atoms with van der Waals surface area (Å²) in [6, 6.07) is 19.0. The van der Waals surface area contributed by atoms with Crippen molar-refractivity contribution in [1.29, 1.82) is 0 Å². The van der Waals surface area contributed by atoms with E-state index in [4.69, 9.17) is 23.2 Å². The lowest BCUT2D eigenvalue weighted by molar-refractivity contribution is -0.387. The van der Waals surface area contributed by atoms with Crippen LogP contribution in [-0.4, -0.2) is 15.6 Å². The Bertz CT molecular complexity index is 1180. The van der Waals surface area contributed by atoms with E-state index in [1.165, 1.54) is 30.0 Å². The van der Waals surface area contributed by atoms with Gasteiger partial charge in [0.25, 0.3) is 5.69 Å². The zero-order chi connectivity index (χ0) is 22.4. The van der Waals surface area contributed by atoms with Gasteiger partial charge in [0.1, 0.15) is 5.82 Å². The first-order valence-electron chi connectivity index (χ1n) is 10.3. The van der Waals surface area contributed by atoms with Crippen LogP contribution in [0, 0.1) is 21.8 Å². The summed E-state index contributed by atoms with van der Waals surface area (Å²) in [7, 11) is 0. The van der Waals surface area contributed by atoms with Crippen molar-refractivity contribution < 1.29 is 9.31 Å². The van der Waals surface area contributed by atoms with E-state index in [1.54, 1.807) is 30.3 Å². The molecule has 3 aromatic rings. The summed E-state index contributed by atoms with van der Waals surface area (Å²) in [5, 5.41) is 15.4.